The fourth-order valence-corrected chi connectivity index (χ4v) is 2.90. The molecule has 2 aromatic rings. The van der Waals surface area contributed by atoms with Crippen LogP contribution in [0.1, 0.15) is 19.7 Å². The van der Waals surface area contributed by atoms with Crippen LogP contribution in [0.4, 0.5) is 0 Å². The van der Waals surface area contributed by atoms with Crippen LogP contribution in [0.2, 0.25) is 5.02 Å². The number of morpholine rings is 1. The van der Waals surface area contributed by atoms with Gasteiger partial charge >= 0.3 is 0 Å². The van der Waals surface area contributed by atoms with E-state index < -0.39 is 0 Å². The van der Waals surface area contributed by atoms with Crippen molar-refractivity contribution >= 4 is 11.6 Å². The second-order valence-corrected chi connectivity index (χ2v) is 5.85. The molecule has 0 bridgehead atoms. The Labute approximate surface area is 128 Å². The Morgan fingerprint density at radius 1 is 1.24 bits per heavy atom. The highest BCUT2D eigenvalue weighted by Gasteiger charge is 2.24. The first kappa shape index (κ1) is 14.5. The molecule has 5 nitrogen and oxygen atoms in total. The molecule has 1 aromatic carbocycles. The zero-order chi connectivity index (χ0) is 14.8. The summed E-state index contributed by atoms with van der Waals surface area (Å²) in [6.07, 6.45) is 0.444. The van der Waals surface area contributed by atoms with E-state index in [1.165, 1.54) is 0 Å². The lowest BCUT2D eigenvalue weighted by Crippen LogP contribution is -2.44. The molecule has 6 heteroatoms. The van der Waals surface area contributed by atoms with Gasteiger partial charge < -0.3 is 9.26 Å². The molecular formula is C15H18ClN3O2. The molecule has 1 aliphatic heterocycles. The normalized spacial score (nSPS) is 23.4. The van der Waals surface area contributed by atoms with Crippen LogP contribution in [-0.2, 0) is 11.3 Å². The Hall–Kier alpha value is -1.43. The Bertz CT molecular complexity index is 606. The molecule has 3 rings (SSSR count). The van der Waals surface area contributed by atoms with Crippen LogP contribution in [0.25, 0.3) is 11.4 Å². The Kier molecular flexibility index (Phi) is 4.24. The number of hydrogen-bond donors (Lipinski definition) is 0. The predicted molar refractivity (Wildman–Crippen MR) is 80.0 cm³/mol. The number of benzene rings is 1. The van der Waals surface area contributed by atoms with E-state index in [1.807, 2.05) is 24.3 Å². The number of rotatable bonds is 3. The second kappa shape index (κ2) is 6.13. The van der Waals surface area contributed by atoms with Crippen molar-refractivity contribution in [3.63, 3.8) is 0 Å². The molecule has 0 amide bonds. The van der Waals surface area contributed by atoms with Gasteiger partial charge in [0.2, 0.25) is 11.7 Å². The van der Waals surface area contributed by atoms with Gasteiger partial charge in [-0.2, -0.15) is 4.98 Å². The van der Waals surface area contributed by atoms with Crippen LogP contribution in [0, 0.1) is 0 Å². The van der Waals surface area contributed by atoms with Gasteiger partial charge in [0.05, 0.1) is 23.8 Å². The minimum Gasteiger partial charge on any atom is -0.373 e. The number of ether oxygens (including phenoxy) is 1. The summed E-state index contributed by atoms with van der Waals surface area (Å²) >= 11 is 6.15. The fourth-order valence-electron chi connectivity index (χ4n) is 2.68. The quantitative estimate of drug-likeness (QED) is 0.872. The standard InChI is InChI=1S/C15H18ClN3O2/c1-10-7-19(8-11(2)20-10)9-14-17-15(18-21-14)12-5-3-4-6-13(12)16/h3-6,10-11H,7-9H2,1-2H3. The van der Waals surface area contributed by atoms with E-state index in [9.17, 15) is 0 Å². The van der Waals surface area contributed by atoms with Gasteiger partial charge in [-0.15, -0.1) is 0 Å². The van der Waals surface area contributed by atoms with Crippen molar-refractivity contribution in [2.45, 2.75) is 32.6 Å². The van der Waals surface area contributed by atoms with Crippen molar-refractivity contribution in [3.05, 3.63) is 35.2 Å². The first-order valence-corrected chi connectivity index (χ1v) is 7.45. The molecule has 2 unspecified atom stereocenters. The van der Waals surface area contributed by atoms with Crippen molar-refractivity contribution in [3.8, 4) is 11.4 Å². The predicted octanol–water partition coefficient (Wildman–Crippen LogP) is 3.00. The van der Waals surface area contributed by atoms with Gasteiger partial charge in [-0.25, -0.2) is 0 Å². The Morgan fingerprint density at radius 3 is 2.67 bits per heavy atom. The van der Waals surface area contributed by atoms with Crippen molar-refractivity contribution in [2.75, 3.05) is 13.1 Å². The lowest BCUT2D eigenvalue weighted by atomic mass is 10.2. The van der Waals surface area contributed by atoms with Gasteiger partial charge in [0.15, 0.2) is 0 Å². The van der Waals surface area contributed by atoms with E-state index >= 15 is 0 Å². The molecule has 1 aliphatic rings. The van der Waals surface area contributed by atoms with E-state index in [4.69, 9.17) is 20.9 Å². The molecule has 1 saturated heterocycles. The van der Waals surface area contributed by atoms with Gasteiger partial charge in [-0.3, -0.25) is 4.90 Å². The molecule has 2 atom stereocenters. The van der Waals surface area contributed by atoms with E-state index in [-0.39, 0.29) is 12.2 Å². The summed E-state index contributed by atoms with van der Waals surface area (Å²) in [6.45, 7) is 6.52. The SMILES string of the molecule is CC1CN(Cc2nc(-c3ccccc3Cl)no2)CC(C)O1. The van der Waals surface area contributed by atoms with Crippen molar-refractivity contribution in [2.24, 2.45) is 0 Å². The van der Waals surface area contributed by atoms with Gasteiger partial charge in [0.25, 0.3) is 0 Å². The molecule has 0 spiro atoms. The van der Waals surface area contributed by atoms with Gasteiger partial charge in [0.1, 0.15) is 0 Å². The van der Waals surface area contributed by atoms with Crippen LogP contribution in [-0.4, -0.2) is 40.3 Å². The molecule has 2 heterocycles. The third-order valence-electron chi connectivity index (χ3n) is 3.44. The van der Waals surface area contributed by atoms with E-state index in [0.29, 0.717) is 23.3 Å². The number of nitrogens with zero attached hydrogens (tertiary/aromatic N) is 3. The van der Waals surface area contributed by atoms with Gasteiger partial charge in [0, 0.05) is 18.7 Å². The second-order valence-electron chi connectivity index (χ2n) is 5.44. The molecule has 21 heavy (non-hydrogen) atoms. The third kappa shape index (κ3) is 3.43. The van der Waals surface area contributed by atoms with Crippen molar-refractivity contribution in [1.29, 1.82) is 0 Å². The number of halogens is 1. The maximum atomic E-state index is 6.15. The Morgan fingerprint density at radius 2 is 1.95 bits per heavy atom. The fraction of sp³-hybridized carbons (Fsp3) is 0.467. The summed E-state index contributed by atoms with van der Waals surface area (Å²) in [5.41, 5.74) is 0.790. The lowest BCUT2D eigenvalue weighted by Gasteiger charge is -2.34. The first-order valence-electron chi connectivity index (χ1n) is 7.07. The Balaban J connectivity index is 1.72. The minimum atomic E-state index is 0.222. The number of hydrogen-bond acceptors (Lipinski definition) is 5. The monoisotopic (exact) mass is 307 g/mol. The molecule has 0 saturated carbocycles. The summed E-state index contributed by atoms with van der Waals surface area (Å²) in [5.74, 6) is 1.14. The van der Waals surface area contributed by atoms with Gasteiger partial charge in [-0.1, -0.05) is 28.9 Å². The van der Waals surface area contributed by atoms with E-state index in [2.05, 4.69) is 28.9 Å². The zero-order valence-corrected chi connectivity index (χ0v) is 12.9. The molecule has 0 aliphatic carbocycles. The van der Waals surface area contributed by atoms with Gasteiger partial charge in [-0.05, 0) is 26.0 Å². The summed E-state index contributed by atoms with van der Waals surface area (Å²) in [5, 5.41) is 4.65. The summed E-state index contributed by atoms with van der Waals surface area (Å²) in [4.78, 5) is 6.71. The molecule has 1 aromatic heterocycles. The van der Waals surface area contributed by atoms with E-state index in [1.54, 1.807) is 0 Å². The third-order valence-corrected chi connectivity index (χ3v) is 3.77. The summed E-state index contributed by atoms with van der Waals surface area (Å²) in [6, 6.07) is 7.49. The van der Waals surface area contributed by atoms with E-state index in [0.717, 1.165) is 18.7 Å². The number of aromatic nitrogens is 2. The highest BCUT2D eigenvalue weighted by Crippen LogP contribution is 2.25. The van der Waals surface area contributed by atoms with Crippen molar-refractivity contribution < 1.29 is 9.26 Å². The molecule has 0 radical (unpaired) electrons. The van der Waals surface area contributed by atoms with Crippen LogP contribution in [0.15, 0.2) is 28.8 Å². The zero-order valence-electron chi connectivity index (χ0n) is 12.1. The molecule has 112 valence electrons. The highest BCUT2D eigenvalue weighted by molar-refractivity contribution is 6.33. The summed E-state index contributed by atoms with van der Waals surface area (Å²) < 4.78 is 11.1. The van der Waals surface area contributed by atoms with Crippen LogP contribution in [0.5, 0.6) is 0 Å². The lowest BCUT2D eigenvalue weighted by molar-refractivity contribution is -0.0725. The maximum absolute atomic E-state index is 6.15. The maximum Gasteiger partial charge on any atom is 0.241 e. The average molecular weight is 308 g/mol. The topological polar surface area (TPSA) is 51.4 Å². The van der Waals surface area contributed by atoms with Crippen molar-refractivity contribution in [1.82, 2.24) is 15.0 Å². The first-order chi connectivity index (χ1) is 10.1. The minimum absolute atomic E-state index is 0.222. The van der Waals surface area contributed by atoms with Crippen LogP contribution >= 0.6 is 11.6 Å². The highest BCUT2D eigenvalue weighted by atomic mass is 35.5. The van der Waals surface area contributed by atoms with Crippen LogP contribution in [0.3, 0.4) is 0 Å². The summed E-state index contributed by atoms with van der Waals surface area (Å²) in [7, 11) is 0. The largest absolute Gasteiger partial charge is 0.373 e. The molecular weight excluding hydrogens is 290 g/mol. The molecule has 1 fully saturated rings. The average Bonchev–Trinajstić information content (AvgIpc) is 2.86. The molecule has 0 N–H and O–H groups in total. The van der Waals surface area contributed by atoms with Crippen LogP contribution < -0.4 is 0 Å². The smallest absolute Gasteiger partial charge is 0.241 e.